The minimum Gasteiger partial charge on any atom is -0.395 e. The molecule has 0 bridgehead atoms. The Morgan fingerprint density at radius 3 is 2.62 bits per heavy atom. The molecule has 9 nitrogen and oxygen atoms in total. The number of aromatic nitrogens is 2. The number of aliphatic hydroxyl groups excluding tert-OH is 1. The number of aliphatic hydroxyl groups is 1. The lowest BCUT2D eigenvalue weighted by molar-refractivity contribution is -0.135. The van der Waals surface area contributed by atoms with E-state index in [0.29, 0.717) is 49.6 Å². The molecular formula is C30H39ClN6O3. The van der Waals surface area contributed by atoms with Crippen molar-refractivity contribution >= 4 is 29.1 Å². The number of benzene rings is 1. The Balaban J connectivity index is 1.08. The number of halogens is 1. The van der Waals surface area contributed by atoms with Gasteiger partial charge in [-0.2, -0.15) is 5.10 Å². The van der Waals surface area contributed by atoms with Crippen molar-refractivity contribution in [1.82, 2.24) is 24.5 Å². The van der Waals surface area contributed by atoms with E-state index in [-0.39, 0.29) is 30.5 Å². The van der Waals surface area contributed by atoms with Gasteiger partial charge >= 0.3 is 0 Å². The highest BCUT2D eigenvalue weighted by Gasteiger charge is 2.57. The van der Waals surface area contributed by atoms with Crippen LogP contribution in [0.5, 0.6) is 0 Å². The number of carbonyl (C=O) groups is 2. The Bertz CT molecular complexity index is 1350. The van der Waals surface area contributed by atoms with Crippen molar-refractivity contribution < 1.29 is 14.7 Å². The van der Waals surface area contributed by atoms with Gasteiger partial charge in [-0.05, 0) is 61.6 Å². The first-order valence-electron chi connectivity index (χ1n) is 14.8. The summed E-state index contributed by atoms with van der Waals surface area (Å²) in [6, 6.07) is 6.05. The van der Waals surface area contributed by atoms with Gasteiger partial charge in [0.1, 0.15) is 6.54 Å². The fourth-order valence-electron chi connectivity index (χ4n) is 7.69. The third kappa shape index (κ3) is 4.23. The molecule has 10 heteroatoms. The van der Waals surface area contributed by atoms with E-state index in [0.717, 1.165) is 73.0 Å². The number of carbonyl (C=O) groups excluding carboxylic acids is 2. The van der Waals surface area contributed by atoms with E-state index in [1.54, 1.807) is 0 Å². The van der Waals surface area contributed by atoms with Gasteiger partial charge < -0.3 is 19.8 Å². The quantitative estimate of drug-likeness (QED) is 0.578. The Morgan fingerprint density at radius 2 is 1.90 bits per heavy atom. The Hall–Kier alpha value is -2.62. The second-order valence-corrected chi connectivity index (χ2v) is 13.0. The van der Waals surface area contributed by atoms with Crippen LogP contribution in [0.25, 0.3) is 0 Å². The largest absolute Gasteiger partial charge is 0.395 e. The number of fused-ring (bicyclic) bond motifs is 3. The maximum atomic E-state index is 13.8. The third-order valence-corrected chi connectivity index (χ3v) is 10.8. The lowest BCUT2D eigenvalue weighted by atomic mass is 10.1. The molecule has 1 spiro atoms. The number of nitrogens with zero attached hydrogens (tertiary/aromatic N) is 6. The average molecular weight is 567 g/mol. The minimum atomic E-state index is -0.121. The highest BCUT2D eigenvalue weighted by atomic mass is 35.5. The monoisotopic (exact) mass is 566 g/mol. The second kappa shape index (κ2) is 9.74. The summed E-state index contributed by atoms with van der Waals surface area (Å²) < 4.78 is 1.87. The van der Waals surface area contributed by atoms with E-state index < -0.39 is 0 Å². The highest BCUT2D eigenvalue weighted by molar-refractivity contribution is 6.31. The molecule has 1 N–H and O–H groups in total. The van der Waals surface area contributed by atoms with Crippen molar-refractivity contribution in [3.8, 4) is 0 Å². The maximum Gasteiger partial charge on any atom is 0.274 e. The molecule has 214 valence electrons. The summed E-state index contributed by atoms with van der Waals surface area (Å²) in [6.45, 7) is 10.4. The van der Waals surface area contributed by atoms with E-state index in [2.05, 4.69) is 34.6 Å². The first-order valence-corrected chi connectivity index (χ1v) is 15.2. The van der Waals surface area contributed by atoms with Crippen molar-refractivity contribution in [2.75, 3.05) is 63.9 Å². The molecule has 2 amide bonds. The van der Waals surface area contributed by atoms with E-state index in [4.69, 9.17) is 16.7 Å². The van der Waals surface area contributed by atoms with Crippen molar-refractivity contribution in [2.45, 2.75) is 51.1 Å². The van der Waals surface area contributed by atoms with Crippen molar-refractivity contribution in [1.29, 1.82) is 0 Å². The van der Waals surface area contributed by atoms with Crippen molar-refractivity contribution in [3.63, 3.8) is 0 Å². The molecule has 3 heterocycles. The summed E-state index contributed by atoms with van der Waals surface area (Å²) in [5.74, 6) is 1.64. The number of hydrogen-bond donors (Lipinski definition) is 1. The Labute approximate surface area is 240 Å². The number of anilines is 1. The van der Waals surface area contributed by atoms with Gasteiger partial charge in [0, 0.05) is 74.3 Å². The minimum absolute atomic E-state index is 0.00461. The summed E-state index contributed by atoms with van der Waals surface area (Å²) in [6.07, 6.45) is 2.94. The van der Waals surface area contributed by atoms with Crippen LogP contribution in [0, 0.1) is 18.8 Å². The normalized spacial score (nSPS) is 26.7. The van der Waals surface area contributed by atoms with Crippen LogP contribution in [0.1, 0.15) is 53.0 Å². The molecule has 0 unspecified atom stereocenters. The molecule has 3 atom stereocenters. The van der Waals surface area contributed by atoms with Gasteiger partial charge in [0.15, 0.2) is 5.69 Å². The molecule has 5 aliphatic rings. The first kappa shape index (κ1) is 26.3. The van der Waals surface area contributed by atoms with Crippen LogP contribution in [-0.2, 0) is 17.8 Å². The second-order valence-electron chi connectivity index (χ2n) is 12.6. The van der Waals surface area contributed by atoms with E-state index in [1.807, 2.05) is 21.7 Å². The fourth-order valence-corrected chi connectivity index (χ4v) is 7.86. The molecule has 4 fully saturated rings. The van der Waals surface area contributed by atoms with Crippen molar-refractivity contribution in [3.05, 3.63) is 45.7 Å². The zero-order chi connectivity index (χ0) is 27.8. The summed E-state index contributed by atoms with van der Waals surface area (Å²) in [5.41, 5.74) is 4.90. The topological polar surface area (TPSA) is 85.2 Å². The van der Waals surface area contributed by atoms with E-state index in [1.165, 1.54) is 0 Å². The third-order valence-electron chi connectivity index (χ3n) is 10.3. The fraction of sp³-hybridized carbons (Fsp3) is 0.633. The summed E-state index contributed by atoms with van der Waals surface area (Å²) >= 11 is 6.41. The number of hydrogen-bond acceptors (Lipinski definition) is 6. The molecule has 40 heavy (non-hydrogen) atoms. The lowest BCUT2D eigenvalue weighted by Crippen LogP contribution is -2.58. The van der Waals surface area contributed by atoms with Gasteiger partial charge in [-0.25, -0.2) is 0 Å². The van der Waals surface area contributed by atoms with Gasteiger partial charge in [0.25, 0.3) is 5.91 Å². The standard InChI is InChI=1S/C30H39ClN6O3/c1-19-21-16-24-27(26(19)21)28(29(40)34-10-8-33(9-11-34)14-15-38)32-37(24)17-25(39)36-13-12-35(18-30(36)6-7-30)23-5-3-4-22(31)20(23)2/h3-5,19,21,26,38H,6-18H2,1-2H3/t19-,21+,26-/m1/s1. The van der Waals surface area contributed by atoms with E-state index >= 15 is 0 Å². The van der Waals surface area contributed by atoms with E-state index in [9.17, 15) is 14.7 Å². The van der Waals surface area contributed by atoms with Crippen molar-refractivity contribution in [2.24, 2.45) is 11.8 Å². The zero-order valence-electron chi connectivity index (χ0n) is 23.5. The molecule has 7 rings (SSSR count). The Kier molecular flexibility index (Phi) is 6.40. The lowest BCUT2D eigenvalue weighted by Gasteiger charge is -2.43. The number of β-amino-alcohol motifs (C(OH)–C–C–N with tert-alkyl or cyclic N) is 1. The molecule has 1 aromatic carbocycles. The highest BCUT2D eigenvalue weighted by Crippen LogP contribution is 2.62. The molecule has 2 aromatic rings. The van der Waals surface area contributed by atoms with Gasteiger partial charge in [-0.3, -0.25) is 19.2 Å². The predicted molar refractivity (Wildman–Crippen MR) is 153 cm³/mol. The van der Waals surface area contributed by atoms with Crippen LogP contribution >= 0.6 is 11.6 Å². The van der Waals surface area contributed by atoms with Gasteiger partial charge in [0.2, 0.25) is 5.91 Å². The van der Waals surface area contributed by atoms with Crippen LogP contribution in [0.4, 0.5) is 5.69 Å². The van der Waals surface area contributed by atoms with Crippen LogP contribution in [0.15, 0.2) is 18.2 Å². The van der Waals surface area contributed by atoms with Gasteiger partial charge in [-0.15, -0.1) is 0 Å². The summed E-state index contributed by atoms with van der Waals surface area (Å²) in [5, 5.41) is 14.9. The zero-order valence-corrected chi connectivity index (χ0v) is 24.2. The number of amides is 2. The van der Waals surface area contributed by atoms with Gasteiger partial charge in [-0.1, -0.05) is 24.6 Å². The van der Waals surface area contributed by atoms with Crippen LogP contribution in [-0.4, -0.2) is 106 Å². The Morgan fingerprint density at radius 1 is 1.12 bits per heavy atom. The molecule has 2 aliphatic heterocycles. The van der Waals surface area contributed by atoms with Crippen LogP contribution in [0.3, 0.4) is 0 Å². The van der Waals surface area contributed by atoms with Crippen LogP contribution < -0.4 is 4.90 Å². The molecule has 2 saturated carbocycles. The first-order chi connectivity index (χ1) is 19.3. The SMILES string of the molecule is Cc1c(Cl)cccc1N1CCN(C(=O)Cn2nc(C(=O)N3CCN(CCO)CC3)c3c2C[C@H]2[C@@H](C)[C@@H]32)C2(CC2)C1. The van der Waals surface area contributed by atoms with Gasteiger partial charge in [0.05, 0.1) is 12.1 Å². The predicted octanol–water partition coefficient (Wildman–Crippen LogP) is 2.38. The number of rotatable bonds is 6. The maximum absolute atomic E-state index is 13.8. The summed E-state index contributed by atoms with van der Waals surface area (Å²) in [4.78, 5) is 36.1. The average Bonchev–Trinajstić information content (AvgIpc) is 3.73. The smallest absolute Gasteiger partial charge is 0.274 e. The summed E-state index contributed by atoms with van der Waals surface area (Å²) in [7, 11) is 0. The molecule has 1 aromatic heterocycles. The molecule has 2 saturated heterocycles. The number of piperazine rings is 2. The molecule has 3 aliphatic carbocycles. The molecular weight excluding hydrogens is 528 g/mol. The van der Waals surface area contributed by atoms with Crippen LogP contribution in [0.2, 0.25) is 5.02 Å². The molecule has 0 radical (unpaired) electrons.